The first kappa shape index (κ1) is 25.7. The number of carbonyl (C=O) groups excluding carboxylic acids is 1. The van der Waals surface area contributed by atoms with E-state index in [1.54, 1.807) is 37.5 Å². The SMILES string of the molecule is COc1ccc(/C=C(/C(=O)Nc2ccc(S(=O)(=O)Nc3ccc(C)c(C)c3)cc2)c2ccccc2)cc1. The van der Waals surface area contributed by atoms with Crippen LogP contribution in [0.2, 0.25) is 0 Å². The highest BCUT2D eigenvalue weighted by Crippen LogP contribution is 2.24. The van der Waals surface area contributed by atoms with Crippen molar-refractivity contribution < 1.29 is 17.9 Å². The molecule has 0 aliphatic carbocycles. The molecule has 6 nitrogen and oxygen atoms in total. The Labute approximate surface area is 217 Å². The van der Waals surface area contributed by atoms with Gasteiger partial charge in [-0.05, 0) is 90.7 Å². The Balaban J connectivity index is 1.54. The van der Waals surface area contributed by atoms with Gasteiger partial charge in [-0.25, -0.2) is 8.42 Å². The average molecular weight is 513 g/mol. The summed E-state index contributed by atoms with van der Waals surface area (Å²) >= 11 is 0. The highest BCUT2D eigenvalue weighted by molar-refractivity contribution is 7.92. The fourth-order valence-corrected chi connectivity index (χ4v) is 4.75. The number of amides is 1. The van der Waals surface area contributed by atoms with E-state index in [2.05, 4.69) is 10.0 Å². The van der Waals surface area contributed by atoms with Crippen LogP contribution in [0.3, 0.4) is 0 Å². The van der Waals surface area contributed by atoms with Crippen molar-refractivity contribution in [3.8, 4) is 5.75 Å². The monoisotopic (exact) mass is 512 g/mol. The standard InChI is InChI=1S/C30H28N2O4S/c1-21-9-12-26(19-22(21)2)32-37(34,35)28-17-13-25(14-18-28)31-30(33)29(24-7-5-4-6-8-24)20-23-10-15-27(36-3)16-11-23/h4-20,32H,1-3H3,(H,31,33)/b29-20+. The van der Waals surface area contributed by atoms with Gasteiger partial charge < -0.3 is 10.1 Å². The Kier molecular flexibility index (Phi) is 7.74. The molecule has 0 aromatic heterocycles. The fraction of sp³-hybridized carbons (Fsp3) is 0.100. The second-order valence-electron chi connectivity index (χ2n) is 8.58. The Hall–Kier alpha value is -4.36. The number of ether oxygens (including phenoxy) is 1. The van der Waals surface area contributed by atoms with E-state index >= 15 is 0 Å². The molecule has 0 aliphatic rings. The van der Waals surface area contributed by atoms with E-state index in [0.717, 1.165) is 28.0 Å². The normalized spacial score (nSPS) is 11.6. The number of nitrogens with one attached hydrogen (secondary N) is 2. The van der Waals surface area contributed by atoms with Crippen LogP contribution in [0.25, 0.3) is 11.6 Å². The van der Waals surface area contributed by atoms with Gasteiger partial charge in [0.1, 0.15) is 5.75 Å². The summed E-state index contributed by atoms with van der Waals surface area (Å²) in [5.74, 6) is 0.413. The smallest absolute Gasteiger partial charge is 0.261 e. The maximum atomic E-state index is 13.3. The minimum Gasteiger partial charge on any atom is -0.497 e. The van der Waals surface area contributed by atoms with Gasteiger partial charge in [-0.3, -0.25) is 9.52 Å². The summed E-state index contributed by atoms with van der Waals surface area (Å²) in [6.45, 7) is 3.90. The first-order valence-corrected chi connectivity index (χ1v) is 13.2. The van der Waals surface area contributed by atoms with Crippen molar-refractivity contribution in [1.82, 2.24) is 0 Å². The molecule has 0 aliphatic heterocycles. The third kappa shape index (κ3) is 6.45. The molecular formula is C30H28N2O4S. The van der Waals surface area contributed by atoms with Crippen LogP contribution in [-0.2, 0) is 14.8 Å². The minimum atomic E-state index is -3.78. The molecule has 0 radical (unpaired) electrons. The van der Waals surface area contributed by atoms with Crippen molar-refractivity contribution >= 4 is 39.0 Å². The third-order valence-corrected chi connectivity index (χ3v) is 7.34. The van der Waals surface area contributed by atoms with Gasteiger partial charge in [-0.2, -0.15) is 0 Å². The predicted molar refractivity (Wildman–Crippen MR) is 149 cm³/mol. The molecule has 0 spiro atoms. The summed E-state index contributed by atoms with van der Waals surface area (Å²) < 4.78 is 33.5. The Bertz CT molecular complexity index is 1530. The molecule has 0 saturated carbocycles. The van der Waals surface area contributed by atoms with Crippen LogP contribution in [0, 0.1) is 13.8 Å². The number of anilines is 2. The molecule has 4 rings (SSSR count). The highest BCUT2D eigenvalue weighted by Gasteiger charge is 2.16. The van der Waals surface area contributed by atoms with Gasteiger partial charge in [0, 0.05) is 16.9 Å². The molecule has 4 aromatic carbocycles. The lowest BCUT2D eigenvalue weighted by Crippen LogP contribution is -2.15. The lowest BCUT2D eigenvalue weighted by molar-refractivity contribution is -0.111. The van der Waals surface area contributed by atoms with Crippen LogP contribution in [0.4, 0.5) is 11.4 Å². The van der Waals surface area contributed by atoms with Gasteiger partial charge in [0.05, 0.1) is 12.0 Å². The zero-order chi connectivity index (χ0) is 26.4. The summed E-state index contributed by atoms with van der Waals surface area (Å²) in [5.41, 5.74) is 5.12. The quantitative estimate of drug-likeness (QED) is 0.215. The van der Waals surface area contributed by atoms with Gasteiger partial charge in [0.15, 0.2) is 0 Å². The number of methoxy groups -OCH3 is 1. The van der Waals surface area contributed by atoms with Crippen LogP contribution >= 0.6 is 0 Å². The lowest BCUT2D eigenvalue weighted by Gasteiger charge is -2.12. The zero-order valence-electron chi connectivity index (χ0n) is 20.9. The van der Waals surface area contributed by atoms with Crippen molar-refractivity contribution in [3.63, 3.8) is 0 Å². The van der Waals surface area contributed by atoms with E-state index in [1.807, 2.05) is 74.5 Å². The maximum absolute atomic E-state index is 13.3. The van der Waals surface area contributed by atoms with Gasteiger partial charge in [-0.15, -0.1) is 0 Å². The molecule has 2 N–H and O–H groups in total. The summed E-state index contributed by atoms with van der Waals surface area (Å²) in [5, 5.41) is 2.88. The topological polar surface area (TPSA) is 84.5 Å². The van der Waals surface area contributed by atoms with Gasteiger partial charge in [0.25, 0.3) is 15.9 Å². The second-order valence-corrected chi connectivity index (χ2v) is 10.3. The van der Waals surface area contributed by atoms with E-state index in [1.165, 1.54) is 12.1 Å². The number of hydrogen-bond acceptors (Lipinski definition) is 4. The van der Waals surface area contributed by atoms with Crippen LogP contribution < -0.4 is 14.8 Å². The summed E-state index contributed by atoms with van der Waals surface area (Å²) in [7, 11) is -2.18. The molecule has 0 saturated heterocycles. The lowest BCUT2D eigenvalue weighted by atomic mass is 10.0. The number of hydrogen-bond donors (Lipinski definition) is 2. The molecule has 37 heavy (non-hydrogen) atoms. The molecule has 0 fully saturated rings. The largest absolute Gasteiger partial charge is 0.497 e. The molecule has 0 unspecified atom stereocenters. The van der Waals surface area contributed by atoms with Crippen LogP contribution in [0.1, 0.15) is 22.3 Å². The van der Waals surface area contributed by atoms with Crippen molar-refractivity contribution in [1.29, 1.82) is 0 Å². The highest BCUT2D eigenvalue weighted by atomic mass is 32.2. The molecule has 1 amide bonds. The average Bonchev–Trinajstić information content (AvgIpc) is 2.90. The zero-order valence-corrected chi connectivity index (χ0v) is 21.7. The van der Waals surface area contributed by atoms with Crippen LogP contribution in [-0.4, -0.2) is 21.4 Å². The molecule has 4 aromatic rings. The number of benzene rings is 4. The van der Waals surface area contributed by atoms with Gasteiger partial charge in [0.2, 0.25) is 0 Å². The van der Waals surface area contributed by atoms with E-state index in [4.69, 9.17) is 4.74 Å². The van der Waals surface area contributed by atoms with E-state index in [-0.39, 0.29) is 10.8 Å². The number of carbonyl (C=O) groups is 1. The summed E-state index contributed by atoms with van der Waals surface area (Å²) in [6, 6.07) is 28.2. The van der Waals surface area contributed by atoms with Crippen molar-refractivity contribution in [2.24, 2.45) is 0 Å². The van der Waals surface area contributed by atoms with E-state index < -0.39 is 10.0 Å². The van der Waals surface area contributed by atoms with Gasteiger partial charge in [-0.1, -0.05) is 48.5 Å². The molecule has 0 bridgehead atoms. The maximum Gasteiger partial charge on any atom is 0.261 e. The Morgan fingerprint density at radius 2 is 1.43 bits per heavy atom. The number of rotatable bonds is 8. The first-order valence-electron chi connectivity index (χ1n) is 11.7. The molecular weight excluding hydrogens is 484 g/mol. The number of sulfonamides is 1. The van der Waals surface area contributed by atoms with Crippen molar-refractivity contribution in [3.05, 3.63) is 119 Å². The van der Waals surface area contributed by atoms with Crippen LogP contribution in [0.5, 0.6) is 5.75 Å². The second kappa shape index (κ2) is 11.1. The van der Waals surface area contributed by atoms with Crippen molar-refractivity contribution in [2.45, 2.75) is 18.7 Å². The van der Waals surface area contributed by atoms with E-state index in [0.29, 0.717) is 16.9 Å². The molecule has 188 valence electrons. The fourth-order valence-electron chi connectivity index (χ4n) is 3.70. The third-order valence-electron chi connectivity index (χ3n) is 5.94. The molecule has 0 atom stereocenters. The first-order chi connectivity index (χ1) is 17.7. The summed E-state index contributed by atoms with van der Waals surface area (Å²) in [4.78, 5) is 13.4. The molecule has 0 heterocycles. The molecule has 7 heteroatoms. The van der Waals surface area contributed by atoms with Crippen LogP contribution in [0.15, 0.2) is 102 Å². The summed E-state index contributed by atoms with van der Waals surface area (Å²) in [6.07, 6.45) is 1.80. The number of aryl methyl sites for hydroxylation is 2. The minimum absolute atomic E-state index is 0.0979. The predicted octanol–water partition coefficient (Wildman–Crippen LogP) is 6.29. The van der Waals surface area contributed by atoms with E-state index in [9.17, 15) is 13.2 Å². The van der Waals surface area contributed by atoms with Crippen molar-refractivity contribution in [2.75, 3.05) is 17.1 Å². The Morgan fingerprint density at radius 1 is 0.784 bits per heavy atom. The Morgan fingerprint density at radius 3 is 2.05 bits per heavy atom. The van der Waals surface area contributed by atoms with Gasteiger partial charge >= 0.3 is 0 Å².